The molecule has 142 valence electrons. The highest BCUT2D eigenvalue weighted by Crippen LogP contribution is 2.25. The molecule has 1 amide bonds. The van der Waals surface area contributed by atoms with Crippen LogP contribution in [0.4, 0.5) is 10.1 Å². The van der Waals surface area contributed by atoms with Gasteiger partial charge in [0.15, 0.2) is 6.61 Å². The molecule has 0 bridgehead atoms. The van der Waals surface area contributed by atoms with Gasteiger partial charge in [-0.25, -0.2) is 9.18 Å². The molecule has 2 aromatic carbocycles. The van der Waals surface area contributed by atoms with Gasteiger partial charge in [-0.15, -0.1) is 0 Å². The molecule has 0 saturated carbocycles. The zero-order valence-corrected chi connectivity index (χ0v) is 15.4. The van der Waals surface area contributed by atoms with Crippen LogP contribution < -0.4 is 14.8 Å². The molecule has 0 aliphatic heterocycles. The number of nitrogens with one attached hydrogen (secondary N) is 1. The van der Waals surface area contributed by atoms with Crippen molar-refractivity contribution in [2.45, 2.75) is 0 Å². The molecule has 27 heavy (non-hydrogen) atoms. The van der Waals surface area contributed by atoms with E-state index in [1.54, 1.807) is 18.2 Å². The third-order valence-corrected chi connectivity index (χ3v) is 3.62. The van der Waals surface area contributed by atoms with Crippen LogP contribution in [-0.2, 0) is 14.3 Å². The van der Waals surface area contributed by atoms with Crippen molar-refractivity contribution in [3.05, 3.63) is 58.9 Å². The van der Waals surface area contributed by atoms with E-state index in [0.717, 1.165) is 12.1 Å². The third kappa shape index (κ3) is 6.00. The highest BCUT2D eigenvalue weighted by molar-refractivity contribution is 6.30. The molecule has 0 spiro atoms. The van der Waals surface area contributed by atoms with Crippen molar-refractivity contribution in [1.82, 2.24) is 0 Å². The number of carbonyl (C=O) groups excluding carboxylic acids is 2. The number of rotatable bonds is 7. The molecule has 2 rings (SSSR count). The lowest BCUT2D eigenvalue weighted by atomic mass is 10.1. The van der Waals surface area contributed by atoms with Crippen LogP contribution in [0.3, 0.4) is 0 Å². The van der Waals surface area contributed by atoms with Crippen molar-refractivity contribution in [3.8, 4) is 11.5 Å². The molecular weight excluding hydrogens is 377 g/mol. The first-order valence-electron chi connectivity index (χ1n) is 7.74. The first-order chi connectivity index (χ1) is 12.9. The summed E-state index contributed by atoms with van der Waals surface area (Å²) >= 11 is 5.64. The molecule has 0 aromatic heterocycles. The summed E-state index contributed by atoms with van der Waals surface area (Å²) in [4.78, 5) is 23.5. The summed E-state index contributed by atoms with van der Waals surface area (Å²) in [5.41, 5.74) is 0.540. The van der Waals surface area contributed by atoms with E-state index < -0.39 is 24.3 Å². The Hall–Kier alpha value is -3.06. The summed E-state index contributed by atoms with van der Waals surface area (Å²) in [6.45, 7) is -0.569. The van der Waals surface area contributed by atoms with Crippen LogP contribution in [0.5, 0.6) is 11.5 Å². The Morgan fingerprint density at radius 2 is 1.93 bits per heavy atom. The maximum absolute atomic E-state index is 13.6. The Bertz CT molecular complexity index is 869. The minimum atomic E-state index is -0.744. The zero-order chi connectivity index (χ0) is 19.8. The minimum Gasteiger partial charge on any atom is -0.497 e. The Morgan fingerprint density at radius 1 is 1.15 bits per heavy atom. The number of amides is 1. The smallest absolute Gasteiger partial charge is 0.331 e. The Morgan fingerprint density at radius 3 is 2.59 bits per heavy atom. The molecule has 2 aromatic rings. The van der Waals surface area contributed by atoms with Gasteiger partial charge in [-0.2, -0.15) is 0 Å². The van der Waals surface area contributed by atoms with Crippen molar-refractivity contribution in [2.24, 2.45) is 0 Å². The lowest BCUT2D eigenvalue weighted by Gasteiger charge is -2.08. The molecule has 8 heteroatoms. The van der Waals surface area contributed by atoms with E-state index in [0.29, 0.717) is 17.1 Å². The maximum Gasteiger partial charge on any atom is 0.331 e. The monoisotopic (exact) mass is 393 g/mol. The van der Waals surface area contributed by atoms with Crippen LogP contribution in [0, 0.1) is 5.82 Å². The maximum atomic E-state index is 13.6. The van der Waals surface area contributed by atoms with Crippen molar-refractivity contribution < 1.29 is 28.2 Å². The molecule has 0 aliphatic carbocycles. The topological polar surface area (TPSA) is 73.9 Å². The standard InChI is InChI=1S/C19H17ClFNO5/c1-25-14-5-7-17(26-2)12(9-14)3-8-19(24)27-11-18(23)22-16-6-4-13(20)10-15(16)21/h3-10H,11H2,1-2H3,(H,22,23)/b8-3+. The predicted molar refractivity (Wildman–Crippen MR) is 99.6 cm³/mol. The van der Waals surface area contributed by atoms with Crippen LogP contribution in [0.15, 0.2) is 42.5 Å². The highest BCUT2D eigenvalue weighted by atomic mass is 35.5. The summed E-state index contributed by atoms with van der Waals surface area (Å²) in [5.74, 6) is -0.986. The van der Waals surface area contributed by atoms with E-state index in [1.807, 2.05) is 0 Å². The lowest BCUT2D eigenvalue weighted by molar-refractivity contribution is -0.142. The van der Waals surface area contributed by atoms with Crippen molar-refractivity contribution >= 4 is 35.2 Å². The van der Waals surface area contributed by atoms with Crippen molar-refractivity contribution in [2.75, 3.05) is 26.1 Å². The molecule has 0 saturated heterocycles. The fourth-order valence-electron chi connectivity index (χ4n) is 2.09. The second-order valence-electron chi connectivity index (χ2n) is 5.22. The van der Waals surface area contributed by atoms with Crippen LogP contribution in [-0.4, -0.2) is 32.7 Å². The molecule has 6 nitrogen and oxygen atoms in total. The summed E-state index contributed by atoms with van der Waals surface area (Å²) in [7, 11) is 3.02. The summed E-state index contributed by atoms with van der Waals surface area (Å²) in [6, 6.07) is 8.89. The average molecular weight is 394 g/mol. The number of anilines is 1. The molecule has 0 atom stereocenters. The van der Waals surface area contributed by atoms with Crippen molar-refractivity contribution in [1.29, 1.82) is 0 Å². The fraction of sp³-hybridized carbons (Fsp3) is 0.158. The Balaban J connectivity index is 1.92. The number of carbonyl (C=O) groups is 2. The average Bonchev–Trinajstić information content (AvgIpc) is 2.66. The number of halogens is 2. The summed E-state index contributed by atoms with van der Waals surface area (Å²) in [5, 5.41) is 2.49. The number of hydrogen-bond acceptors (Lipinski definition) is 5. The van der Waals surface area contributed by atoms with Gasteiger partial charge in [0, 0.05) is 16.7 Å². The van der Waals surface area contributed by atoms with Crippen LogP contribution in [0.1, 0.15) is 5.56 Å². The van der Waals surface area contributed by atoms with E-state index in [-0.39, 0.29) is 10.7 Å². The van der Waals surface area contributed by atoms with Gasteiger partial charge in [0.05, 0.1) is 19.9 Å². The molecule has 0 aliphatic rings. The van der Waals surface area contributed by atoms with E-state index in [9.17, 15) is 14.0 Å². The zero-order valence-electron chi connectivity index (χ0n) is 14.6. The van der Waals surface area contributed by atoms with Gasteiger partial charge in [0.2, 0.25) is 0 Å². The van der Waals surface area contributed by atoms with Gasteiger partial charge in [-0.3, -0.25) is 4.79 Å². The summed E-state index contributed by atoms with van der Waals surface area (Å²) in [6.07, 6.45) is 2.62. The number of hydrogen-bond donors (Lipinski definition) is 1. The number of esters is 1. The predicted octanol–water partition coefficient (Wildman–Crippen LogP) is 3.69. The van der Waals surface area contributed by atoms with Gasteiger partial charge in [0.1, 0.15) is 17.3 Å². The van der Waals surface area contributed by atoms with E-state index in [1.165, 1.54) is 32.4 Å². The second-order valence-corrected chi connectivity index (χ2v) is 5.66. The molecule has 0 fully saturated rings. The van der Waals surface area contributed by atoms with Gasteiger partial charge in [-0.1, -0.05) is 11.6 Å². The first-order valence-corrected chi connectivity index (χ1v) is 8.12. The molecule has 0 radical (unpaired) electrons. The normalized spacial score (nSPS) is 10.5. The van der Waals surface area contributed by atoms with Crippen molar-refractivity contribution in [3.63, 3.8) is 0 Å². The van der Waals surface area contributed by atoms with Gasteiger partial charge in [-0.05, 0) is 42.5 Å². The number of benzene rings is 2. The quantitative estimate of drug-likeness (QED) is 0.573. The minimum absolute atomic E-state index is 0.0582. The Kier molecular flexibility index (Phi) is 7.19. The highest BCUT2D eigenvalue weighted by Gasteiger charge is 2.10. The number of ether oxygens (including phenoxy) is 3. The van der Waals surface area contributed by atoms with Gasteiger partial charge < -0.3 is 19.5 Å². The van der Waals surface area contributed by atoms with Gasteiger partial charge in [0.25, 0.3) is 5.91 Å². The SMILES string of the molecule is COc1ccc(OC)c(/C=C/C(=O)OCC(=O)Nc2ccc(Cl)cc2F)c1. The molecular formula is C19H17ClFNO5. The van der Waals surface area contributed by atoms with Crippen LogP contribution in [0.2, 0.25) is 5.02 Å². The summed E-state index contributed by atoms with van der Waals surface area (Å²) < 4.78 is 28.8. The molecule has 0 heterocycles. The second kappa shape index (κ2) is 9.59. The fourth-order valence-corrected chi connectivity index (χ4v) is 2.25. The molecule has 0 unspecified atom stereocenters. The molecule has 1 N–H and O–H groups in total. The number of methoxy groups -OCH3 is 2. The lowest BCUT2D eigenvalue weighted by Crippen LogP contribution is -2.20. The van der Waals surface area contributed by atoms with Crippen LogP contribution in [0.25, 0.3) is 6.08 Å². The van der Waals surface area contributed by atoms with E-state index in [4.69, 9.17) is 25.8 Å². The Labute approximate surface area is 160 Å². The van der Waals surface area contributed by atoms with Crippen LogP contribution >= 0.6 is 11.6 Å². The first kappa shape index (κ1) is 20.3. The van der Waals surface area contributed by atoms with E-state index >= 15 is 0 Å². The third-order valence-electron chi connectivity index (χ3n) is 3.39. The largest absolute Gasteiger partial charge is 0.497 e. The van der Waals surface area contributed by atoms with E-state index in [2.05, 4.69) is 5.32 Å². The van der Waals surface area contributed by atoms with Gasteiger partial charge >= 0.3 is 5.97 Å².